The van der Waals surface area contributed by atoms with Gasteiger partial charge in [-0.15, -0.1) is 0 Å². The maximum Gasteiger partial charge on any atom is 0.339 e. The molecule has 0 bridgehead atoms. The molecule has 3 rings (SSSR count). The second kappa shape index (κ2) is 4.51. The molecule has 1 N–H and O–H groups in total. The Morgan fingerprint density at radius 3 is 2.68 bits per heavy atom. The van der Waals surface area contributed by atoms with Gasteiger partial charge in [0.1, 0.15) is 11.1 Å². The van der Waals surface area contributed by atoms with Crippen molar-refractivity contribution in [3.63, 3.8) is 0 Å². The van der Waals surface area contributed by atoms with Crippen molar-refractivity contribution in [2.24, 2.45) is 0 Å². The lowest BCUT2D eigenvalue weighted by molar-refractivity contribution is 0.0698. The number of carbonyl (C=O) groups is 1. The van der Waals surface area contributed by atoms with Gasteiger partial charge in [-0.2, -0.15) is 0 Å². The molecule has 0 spiro atoms. The summed E-state index contributed by atoms with van der Waals surface area (Å²) in [5.41, 5.74) is 1.73. The maximum absolute atomic E-state index is 11.1. The lowest BCUT2D eigenvalue weighted by atomic mass is 10.2. The summed E-state index contributed by atoms with van der Waals surface area (Å²) in [6.45, 7) is 0. The highest BCUT2D eigenvalue weighted by atomic mass is 79.9. The van der Waals surface area contributed by atoms with E-state index in [1.165, 1.54) is 6.07 Å². The van der Waals surface area contributed by atoms with Crippen molar-refractivity contribution in [1.82, 2.24) is 4.98 Å². The first-order chi connectivity index (χ1) is 9.16. The first kappa shape index (κ1) is 11.9. The van der Waals surface area contributed by atoms with Crippen LogP contribution < -0.4 is 0 Å². The molecule has 19 heavy (non-hydrogen) atoms. The fraction of sp³-hybridized carbons (Fsp3) is 0. The first-order valence-corrected chi connectivity index (χ1v) is 6.34. The fourth-order valence-corrected chi connectivity index (χ4v) is 2.32. The van der Waals surface area contributed by atoms with Crippen molar-refractivity contribution in [2.45, 2.75) is 0 Å². The monoisotopic (exact) mass is 317 g/mol. The average Bonchev–Trinajstić information content (AvgIpc) is 2.82. The van der Waals surface area contributed by atoms with Gasteiger partial charge in [-0.1, -0.05) is 18.2 Å². The Hall–Kier alpha value is -2.14. The summed E-state index contributed by atoms with van der Waals surface area (Å²) < 4.78 is 6.45. The number of oxazole rings is 1. The van der Waals surface area contributed by atoms with Crippen molar-refractivity contribution in [2.75, 3.05) is 0 Å². The molecule has 1 heterocycles. The summed E-state index contributed by atoms with van der Waals surface area (Å²) in [4.78, 5) is 15.5. The Balaban J connectivity index is 2.26. The SMILES string of the molecule is O=C(O)c1cccc2nc(-c3ccccc3Br)oc12. The predicted octanol–water partition coefficient (Wildman–Crippen LogP) is 3.96. The summed E-state index contributed by atoms with van der Waals surface area (Å²) in [5, 5.41) is 9.12. The molecule has 0 radical (unpaired) electrons. The highest BCUT2D eigenvalue weighted by Gasteiger charge is 2.16. The van der Waals surface area contributed by atoms with E-state index in [-0.39, 0.29) is 5.56 Å². The third kappa shape index (κ3) is 2.02. The zero-order chi connectivity index (χ0) is 13.4. The van der Waals surface area contributed by atoms with Crippen LogP contribution in [-0.2, 0) is 0 Å². The van der Waals surface area contributed by atoms with Crippen LogP contribution in [-0.4, -0.2) is 16.1 Å². The van der Waals surface area contributed by atoms with Crippen molar-refractivity contribution < 1.29 is 14.3 Å². The van der Waals surface area contributed by atoms with Gasteiger partial charge >= 0.3 is 5.97 Å². The van der Waals surface area contributed by atoms with Crippen LogP contribution in [0.3, 0.4) is 0 Å². The van der Waals surface area contributed by atoms with Gasteiger partial charge in [-0.3, -0.25) is 0 Å². The number of para-hydroxylation sites is 1. The van der Waals surface area contributed by atoms with Crippen LogP contribution in [0.15, 0.2) is 51.4 Å². The normalized spacial score (nSPS) is 10.8. The van der Waals surface area contributed by atoms with Crippen LogP contribution in [0.4, 0.5) is 0 Å². The topological polar surface area (TPSA) is 63.3 Å². The van der Waals surface area contributed by atoms with E-state index in [0.29, 0.717) is 17.0 Å². The van der Waals surface area contributed by atoms with E-state index in [2.05, 4.69) is 20.9 Å². The summed E-state index contributed by atoms with van der Waals surface area (Å²) in [6.07, 6.45) is 0. The molecule has 0 atom stereocenters. The molecule has 4 nitrogen and oxygen atoms in total. The summed E-state index contributed by atoms with van der Waals surface area (Å²) in [6, 6.07) is 12.4. The predicted molar refractivity (Wildman–Crippen MR) is 74.1 cm³/mol. The van der Waals surface area contributed by atoms with Gasteiger partial charge in [0.2, 0.25) is 5.89 Å². The number of halogens is 1. The fourth-order valence-electron chi connectivity index (χ4n) is 1.87. The van der Waals surface area contributed by atoms with Gasteiger partial charge in [-0.25, -0.2) is 9.78 Å². The van der Waals surface area contributed by atoms with Crippen LogP contribution in [0, 0.1) is 0 Å². The van der Waals surface area contributed by atoms with Gasteiger partial charge < -0.3 is 9.52 Å². The van der Waals surface area contributed by atoms with Gasteiger partial charge in [0.05, 0.1) is 5.56 Å². The molecule has 0 unspecified atom stereocenters. The van der Waals surface area contributed by atoms with E-state index in [1.54, 1.807) is 12.1 Å². The summed E-state index contributed by atoms with van der Waals surface area (Å²) in [5.74, 6) is -0.628. The van der Waals surface area contributed by atoms with E-state index in [1.807, 2.05) is 24.3 Å². The third-order valence-corrected chi connectivity index (χ3v) is 3.44. The van der Waals surface area contributed by atoms with E-state index >= 15 is 0 Å². The molecule has 3 aromatic rings. The zero-order valence-corrected chi connectivity index (χ0v) is 11.2. The molecule has 0 aliphatic carbocycles. The molecular formula is C14H8BrNO3. The van der Waals surface area contributed by atoms with Gasteiger partial charge in [0, 0.05) is 4.47 Å². The quantitative estimate of drug-likeness (QED) is 0.777. The summed E-state index contributed by atoms with van der Waals surface area (Å²) >= 11 is 3.42. The minimum absolute atomic E-state index is 0.114. The van der Waals surface area contributed by atoms with Crippen LogP contribution >= 0.6 is 15.9 Å². The van der Waals surface area contributed by atoms with Crippen molar-refractivity contribution >= 4 is 33.0 Å². The molecule has 0 aliphatic rings. The highest BCUT2D eigenvalue weighted by Crippen LogP contribution is 2.31. The largest absolute Gasteiger partial charge is 0.478 e. The number of fused-ring (bicyclic) bond motifs is 1. The molecule has 5 heteroatoms. The number of hydrogen-bond donors (Lipinski definition) is 1. The van der Waals surface area contributed by atoms with E-state index in [4.69, 9.17) is 9.52 Å². The Morgan fingerprint density at radius 2 is 1.95 bits per heavy atom. The number of hydrogen-bond acceptors (Lipinski definition) is 3. The lowest BCUT2D eigenvalue weighted by Crippen LogP contribution is -1.95. The van der Waals surface area contributed by atoms with Gasteiger partial charge in [0.15, 0.2) is 5.58 Å². The van der Waals surface area contributed by atoms with Crippen LogP contribution in [0.2, 0.25) is 0 Å². The van der Waals surface area contributed by atoms with E-state index < -0.39 is 5.97 Å². The van der Waals surface area contributed by atoms with Crippen molar-refractivity contribution in [3.8, 4) is 11.5 Å². The lowest BCUT2D eigenvalue weighted by Gasteiger charge is -1.97. The number of aromatic carboxylic acids is 1. The molecule has 0 saturated carbocycles. The maximum atomic E-state index is 11.1. The number of aromatic nitrogens is 1. The second-order valence-corrected chi connectivity index (χ2v) is 4.81. The first-order valence-electron chi connectivity index (χ1n) is 5.54. The Morgan fingerprint density at radius 1 is 1.16 bits per heavy atom. The van der Waals surface area contributed by atoms with Crippen molar-refractivity contribution in [3.05, 3.63) is 52.5 Å². The molecule has 0 fully saturated rings. The van der Waals surface area contributed by atoms with Crippen LogP contribution in [0.5, 0.6) is 0 Å². The number of carboxylic acid groups (broad SMARTS) is 1. The summed E-state index contributed by atoms with van der Waals surface area (Å²) in [7, 11) is 0. The van der Waals surface area contributed by atoms with E-state index in [9.17, 15) is 4.79 Å². The average molecular weight is 318 g/mol. The molecule has 94 valence electrons. The highest BCUT2D eigenvalue weighted by molar-refractivity contribution is 9.10. The Labute approximate surface area is 116 Å². The number of nitrogens with zero attached hydrogens (tertiary/aromatic N) is 1. The number of carboxylic acids is 1. The molecule has 0 saturated heterocycles. The zero-order valence-electron chi connectivity index (χ0n) is 9.63. The second-order valence-electron chi connectivity index (χ2n) is 3.96. The van der Waals surface area contributed by atoms with Crippen LogP contribution in [0.1, 0.15) is 10.4 Å². The molecule has 0 amide bonds. The number of rotatable bonds is 2. The minimum atomic E-state index is -1.03. The van der Waals surface area contributed by atoms with Gasteiger partial charge in [-0.05, 0) is 40.2 Å². The van der Waals surface area contributed by atoms with E-state index in [0.717, 1.165) is 10.0 Å². The van der Waals surface area contributed by atoms with Gasteiger partial charge in [0.25, 0.3) is 0 Å². The Bertz CT molecular complexity index is 779. The minimum Gasteiger partial charge on any atom is -0.478 e. The van der Waals surface area contributed by atoms with Crippen LogP contribution in [0.25, 0.3) is 22.6 Å². The Kier molecular flexibility index (Phi) is 2.83. The smallest absolute Gasteiger partial charge is 0.339 e. The molecule has 2 aromatic carbocycles. The molecular weight excluding hydrogens is 310 g/mol. The third-order valence-electron chi connectivity index (χ3n) is 2.75. The molecule has 0 aliphatic heterocycles. The number of benzene rings is 2. The standard InChI is InChI=1S/C14H8BrNO3/c15-10-6-2-1-4-8(10)13-16-11-7-3-5-9(14(17)18)12(11)19-13/h1-7H,(H,17,18). The van der Waals surface area contributed by atoms with Crippen molar-refractivity contribution in [1.29, 1.82) is 0 Å². The molecule has 1 aromatic heterocycles.